The fourth-order valence-electron chi connectivity index (χ4n) is 3.87. The van der Waals surface area contributed by atoms with Crippen molar-refractivity contribution >= 4 is 11.9 Å². The molecule has 0 aliphatic carbocycles. The van der Waals surface area contributed by atoms with Crippen LogP contribution in [0.3, 0.4) is 0 Å². The van der Waals surface area contributed by atoms with Gasteiger partial charge in [-0.05, 0) is 43.6 Å². The minimum Gasteiger partial charge on any atom is -0.481 e. The highest BCUT2D eigenvalue weighted by atomic mass is 16.4. The third-order valence-electron chi connectivity index (χ3n) is 4.65. The van der Waals surface area contributed by atoms with E-state index < -0.39 is 5.97 Å². The normalized spacial score (nSPS) is 31.1. The lowest BCUT2D eigenvalue weighted by Crippen LogP contribution is -2.48. The Morgan fingerprint density at radius 1 is 1.14 bits per heavy atom. The van der Waals surface area contributed by atoms with Gasteiger partial charge in [-0.15, -0.1) is 0 Å². The first-order valence-corrected chi connectivity index (χ1v) is 8.16. The number of aliphatic carboxylic acids is 1. The summed E-state index contributed by atoms with van der Waals surface area (Å²) in [5.74, 6) is 0.845. The zero-order chi connectivity index (χ0) is 15.4. The maximum atomic E-state index is 12.5. The number of likely N-dealkylation sites (tertiary alicyclic amines) is 2. The fourth-order valence-corrected chi connectivity index (χ4v) is 3.87. The van der Waals surface area contributed by atoms with E-state index in [9.17, 15) is 9.59 Å². The number of carbonyl (C=O) groups excluding carboxylic acids is 1. The quantitative estimate of drug-likeness (QED) is 0.857. The van der Waals surface area contributed by atoms with E-state index in [1.807, 2.05) is 4.90 Å². The molecule has 5 nitrogen and oxygen atoms in total. The molecule has 0 aromatic rings. The van der Waals surface area contributed by atoms with Crippen molar-refractivity contribution in [1.82, 2.24) is 9.80 Å². The second-order valence-corrected chi connectivity index (χ2v) is 7.09. The molecule has 0 aromatic heterocycles. The number of nitrogens with zero attached hydrogens (tertiary/aromatic N) is 2. The molecule has 2 heterocycles. The van der Waals surface area contributed by atoms with Gasteiger partial charge >= 0.3 is 5.97 Å². The van der Waals surface area contributed by atoms with Gasteiger partial charge < -0.3 is 10.0 Å². The first-order valence-electron chi connectivity index (χ1n) is 8.16. The first kappa shape index (κ1) is 16.3. The lowest BCUT2D eigenvalue weighted by molar-refractivity contribution is -0.138. The van der Waals surface area contributed by atoms with Crippen molar-refractivity contribution in [3.63, 3.8) is 0 Å². The minimum atomic E-state index is -0.730. The van der Waals surface area contributed by atoms with Crippen LogP contribution in [0.15, 0.2) is 0 Å². The lowest BCUT2D eigenvalue weighted by atomic mass is 9.91. The van der Waals surface area contributed by atoms with Crippen molar-refractivity contribution in [2.24, 2.45) is 17.8 Å². The largest absolute Gasteiger partial charge is 0.481 e. The molecule has 2 aliphatic rings. The number of carboxylic acids is 1. The van der Waals surface area contributed by atoms with Crippen LogP contribution >= 0.6 is 0 Å². The summed E-state index contributed by atoms with van der Waals surface area (Å²) in [6.45, 7) is 8.28. The minimum absolute atomic E-state index is 0.197. The van der Waals surface area contributed by atoms with E-state index >= 15 is 0 Å². The van der Waals surface area contributed by atoms with Crippen molar-refractivity contribution in [3.05, 3.63) is 0 Å². The molecule has 0 saturated carbocycles. The SMILES string of the molecule is CC1CC(C)CN(C(=O)CN2CCCC(CC(=O)O)C2)C1. The molecule has 1 N–H and O–H groups in total. The van der Waals surface area contributed by atoms with E-state index in [1.54, 1.807) is 0 Å². The summed E-state index contributed by atoms with van der Waals surface area (Å²) in [5, 5.41) is 8.90. The highest BCUT2D eigenvalue weighted by Gasteiger charge is 2.28. The Kier molecular flexibility index (Phi) is 5.62. The topological polar surface area (TPSA) is 60.9 Å². The molecular weight excluding hydrogens is 268 g/mol. The third-order valence-corrected chi connectivity index (χ3v) is 4.65. The maximum absolute atomic E-state index is 12.5. The molecule has 21 heavy (non-hydrogen) atoms. The van der Waals surface area contributed by atoms with Crippen LogP contribution < -0.4 is 0 Å². The summed E-state index contributed by atoms with van der Waals surface area (Å²) < 4.78 is 0. The Labute approximate surface area is 127 Å². The molecule has 2 aliphatic heterocycles. The van der Waals surface area contributed by atoms with Gasteiger partial charge in [0.15, 0.2) is 0 Å². The molecule has 120 valence electrons. The Hall–Kier alpha value is -1.10. The van der Waals surface area contributed by atoms with Gasteiger partial charge in [-0.3, -0.25) is 14.5 Å². The average Bonchev–Trinajstić information content (AvgIpc) is 2.37. The predicted molar refractivity (Wildman–Crippen MR) is 80.9 cm³/mol. The summed E-state index contributed by atoms with van der Waals surface area (Å²) in [6, 6.07) is 0. The molecule has 3 unspecified atom stereocenters. The number of carbonyl (C=O) groups is 2. The monoisotopic (exact) mass is 296 g/mol. The Morgan fingerprint density at radius 2 is 1.81 bits per heavy atom. The Balaban J connectivity index is 1.82. The lowest BCUT2D eigenvalue weighted by Gasteiger charge is -2.37. The van der Waals surface area contributed by atoms with Gasteiger partial charge in [0, 0.05) is 26.1 Å². The van der Waals surface area contributed by atoms with E-state index in [0.29, 0.717) is 18.4 Å². The van der Waals surface area contributed by atoms with E-state index in [0.717, 1.165) is 39.0 Å². The zero-order valence-corrected chi connectivity index (χ0v) is 13.3. The molecule has 3 atom stereocenters. The molecule has 1 amide bonds. The smallest absolute Gasteiger partial charge is 0.303 e. The first-order chi connectivity index (χ1) is 9.94. The molecule has 0 radical (unpaired) electrons. The van der Waals surface area contributed by atoms with Crippen molar-refractivity contribution in [2.45, 2.75) is 39.5 Å². The van der Waals surface area contributed by atoms with Crippen LogP contribution in [-0.4, -0.2) is 59.5 Å². The van der Waals surface area contributed by atoms with E-state index in [-0.39, 0.29) is 18.2 Å². The molecule has 0 spiro atoms. The van der Waals surface area contributed by atoms with Crippen molar-refractivity contribution in [2.75, 3.05) is 32.7 Å². The predicted octanol–water partition coefficient (Wildman–Crippen LogP) is 1.68. The summed E-state index contributed by atoms with van der Waals surface area (Å²) in [6.07, 6.45) is 3.39. The van der Waals surface area contributed by atoms with Gasteiger partial charge in [0.25, 0.3) is 0 Å². The maximum Gasteiger partial charge on any atom is 0.303 e. The second kappa shape index (κ2) is 7.25. The molecule has 5 heteroatoms. The number of rotatable bonds is 4. The fraction of sp³-hybridized carbons (Fsp3) is 0.875. The highest BCUT2D eigenvalue weighted by Crippen LogP contribution is 2.22. The number of hydrogen-bond acceptors (Lipinski definition) is 3. The van der Waals surface area contributed by atoms with Crippen LogP contribution in [0.1, 0.15) is 39.5 Å². The zero-order valence-electron chi connectivity index (χ0n) is 13.3. The summed E-state index contributed by atoms with van der Waals surface area (Å²) >= 11 is 0. The van der Waals surface area contributed by atoms with Crippen molar-refractivity contribution in [3.8, 4) is 0 Å². The van der Waals surface area contributed by atoms with E-state index in [1.165, 1.54) is 6.42 Å². The molecule has 2 fully saturated rings. The van der Waals surface area contributed by atoms with Gasteiger partial charge in [0.05, 0.1) is 6.54 Å². The van der Waals surface area contributed by atoms with Gasteiger partial charge in [0.2, 0.25) is 5.91 Å². The van der Waals surface area contributed by atoms with Gasteiger partial charge in [-0.25, -0.2) is 0 Å². The summed E-state index contributed by atoms with van der Waals surface area (Å²) in [4.78, 5) is 27.4. The van der Waals surface area contributed by atoms with Crippen molar-refractivity contribution in [1.29, 1.82) is 0 Å². The standard InChI is InChI=1S/C16H28N2O3/c1-12-6-13(2)9-18(8-12)15(19)11-17-5-3-4-14(10-17)7-16(20)21/h12-14H,3-11H2,1-2H3,(H,20,21). The van der Waals surface area contributed by atoms with Crippen LogP contribution in [0.25, 0.3) is 0 Å². The van der Waals surface area contributed by atoms with Crippen LogP contribution in [-0.2, 0) is 9.59 Å². The van der Waals surface area contributed by atoms with Crippen LogP contribution in [0.5, 0.6) is 0 Å². The average molecular weight is 296 g/mol. The second-order valence-electron chi connectivity index (χ2n) is 7.09. The van der Waals surface area contributed by atoms with E-state index in [4.69, 9.17) is 5.11 Å². The molecule has 2 saturated heterocycles. The van der Waals surface area contributed by atoms with Crippen LogP contribution in [0.4, 0.5) is 0 Å². The van der Waals surface area contributed by atoms with E-state index in [2.05, 4.69) is 18.7 Å². The molecule has 0 bridgehead atoms. The Morgan fingerprint density at radius 3 is 2.43 bits per heavy atom. The Bertz CT molecular complexity index is 376. The van der Waals surface area contributed by atoms with Gasteiger partial charge in [-0.1, -0.05) is 13.8 Å². The number of hydrogen-bond donors (Lipinski definition) is 1. The number of carboxylic acid groups (broad SMARTS) is 1. The molecule has 2 rings (SSSR count). The number of amides is 1. The number of piperidine rings is 2. The molecular formula is C16H28N2O3. The summed E-state index contributed by atoms with van der Waals surface area (Å²) in [7, 11) is 0. The van der Waals surface area contributed by atoms with Crippen LogP contribution in [0.2, 0.25) is 0 Å². The highest BCUT2D eigenvalue weighted by molar-refractivity contribution is 5.78. The van der Waals surface area contributed by atoms with Crippen LogP contribution in [0, 0.1) is 17.8 Å². The van der Waals surface area contributed by atoms with Crippen molar-refractivity contribution < 1.29 is 14.7 Å². The van der Waals surface area contributed by atoms with Gasteiger partial charge in [-0.2, -0.15) is 0 Å². The third kappa shape index (κ3) is 4.99. The summed E-state index contributed by atoms with van der Waals surface area (Å²) in [5.41, 5.74) is 0. The van der Waals surface area contributed by atoms with Gasteiger partial charge in [0.1, 0.15) is 0 Å². The molecule has 0 aromatic carbocycles.